The second-order valence-corrected chi connectivity index (χ2v) is 2.77. The molecular formula is C9H7BF3O-. The first-order valence-electron chi connectivity index (χ1n) is 3.96. The Bertz CT molecular complexity index is 340. The van der Waals surface area contributed by atoms with Gasteiger partial charge in [0.2, 0.25) is 0 Å². The first-order chi connectivity index (χ1) is 6.51. The summed E-state index contributed by atoms with van der Waals surface area (Å²) in [5.41, 5.74) is 0.870. The van der Waals surface area contributed by atoms with Gasteiger partial charge in [-0.2, -0.15) is 0 Å². The molecule has 1 nitrogen and oxygen atoms in total. The topological polar surface area (TPSA) is 17.1 Å². The van der Waals surface area contributed by atoms with Gasteiger partial charge in [0.15, 0.2) is 0 Å². The Hall–Kier alpha value is -1.52. The Morgan fingerprint density at radius 1 is 1.00 bits per heavy atom. The van der Waals surface area contributed by atoms with Crippen molar-refractivity contribution in [3.8, 4) is 0 Å². The third kappa shape index (κ3) is 3.47. The lowest BCUT2D eigenvalue weighted by Gasteiger charge is -2.05. The molecule has 0 aliphatic heterocycles. The van der Waals surface area contributed by atoms with E-state index in [4.69, 9.17) is 0 Å². The standard InChI is InChI=1S/C9H7BF3O/c11-10(12,13)6-5-8-1-3-9(7-14)4-2-8/h1-7H/q-1/b6-5+. The maximum Gasteiger partial charge on any atom is 0.502 e. The van der Waals surface area contributed by atoms with Crippen LogP contribution in [0.1, 0.15) is 15.9 Å². The zero-order valence-corrected chi connectivity index (χ0v) is 7.16. The zero-order chi connectivity index (χ0) is 10.6. The molecule has 0 radical (unpaired) electrons. The van der Waals surface area contributed by atoms with Crippen LogP contribution in [0.5, 0.6) is 0 Å². The number of carbonyl (C=O) groups excluding carboxylic acids is 1. The van der Waals surface area contributed by atoms with Crippen LogP contribution >= 0.6 is 0 Å². The number of aldehydes is 1. The molecule has 0 spiro atoms. The Morgan fingerprint density at radius 3 is 1.93 bits per heavy atom. The van der Waals surface area contributed by atoms with Gasteiger partial charge in [-0.1, -0.05) is 30.3 Å². The summed E-state index contributed by atoms with van der Waals surface area (Å²) in [5.74, 6) is 0.218. The average Bonchev–Trinajstić information content (AvgIpc) is 2.14. The van der Waals surface area contributed by atoms with Crippen LogP contribution in [-0.4, -0.2) is 13.3 Å². The maximum absolute atomic E-state index is 11.8. The summed E-state index contributed by atoms with van der Waals surface area (Å²) in [7, 11) is 0. The lowest BCUT2D eigenvalue weighted by molar-refractivity contribution is 0.112. The van der Waals surface area contributed by atoms with Gasteiger partial charge >= 0.3 is 6.98 Å². The molecule has 0 heterocycles. The maximum atomic E-state index is 11.8. The van der Waals surface area contributed by atoms with Crippen molar-refractivity contribution in [2.24, 2.45) is 0 Å². The molecule has 14 heavy (non-hydrogen) atoms. The second kappa shape index (κ2) is 4.13. The summed E-state index contributed by atoms with van der Waals surface area (Å²) in [5, 5.41) is 0. The van der Waals surface area contributed by atoms with Crippen molar-refractivity contribution < 1.29 is 17.7 Å². The Kier molecular flexibility index (Phi) is 3.12. The molecular weight excluding hydrogens is 192 g/mol. The van der Waals surface area contributed by atoms with Crippen LogP contribution in [0, 0.1) is 0 Å². The van der Waals surface area contributed by atoms with Gasteiger partial charge in [0.25, 0.3) is 0 Å². The summed E-state index contributed by atoms with van der Waals surface area (Å²) < 4.78 is 35.4. The van der Waals surface area contributed by atoms with E-state index in [9.17, 15) is 17.7 Å². The van der Waals surface area contributed by atoms with Crippen molar-refractivity contribution >= 4 is 19.3 Å². The third-order valence-electron chi connectivity index (χ3n) is 1.58. The smallest absolute Gasteiger partial charge is 0.445 e. The lowest BCUT2D eigenvalue weighted by atomic mass is 9.90. The predicted octanol–water partition coefficient (Wildman–Crippen LogP) is 2.90. The van der Waals surface area contributed by atoms with Gasteiger partial charge in [0, 0.05) is 5.56 Å². The Labute approximate surface area is 79.3 Å². The van der Waals surface area contributed by atoms with Gasteiger partial charge < -0.3 is 12.9 Å². The molecule has 0 fully saturated rings. The van der Waals surface area contributed by atoms with Crippen LogP contribution in [0.3, 0.4) is 0 Å². The van der Waals surface area contributed by atoms with Crippen LogP contribution in [0.25, 0.3) is 6.08 Å². The van der Waals surface area contributed by atoms with E-state index in [1.54, 1.807) is 0 Å². The Balaban J connectivity index is 2.78. The number of rotatable bonds is 3. The van der Waals surface area contributed by atoms with Crippen LogP contribution in [-0.2, 0) is 0 Å². The van der Waals surface area contributed by atoms with Crippen LogP contribution in [0.2, 0.25) is 0 Å². The first kappa shape index (κ1) is 10.6. The number of carbonyl (C=O) groups is 1. The molecule has 0 atom stereocenters. The predicted molar refractivity (Wildman–Crippen MR) is 49.9 cm³/mol. The highest BCUT2D eigenvalue weighted by molar-refractivity contribution is 6.64. The van der Waals surface area contributed by atoms with Crippen molar-refractivity contribution in [1.29, 1.82) is 0 Å². The van der Waals surface area contributed by atoms with Gasteiger partial charge in [0.1, 0.15) is 6.29 Å². The third-order valence-corrected chi connectivity index (χ3v) is 1.58. The average molecular weight is 199 g/mol. The highest BCUT2D eigenvalue weighted by Gasteiger charge is 2.16. The fraction of sp³-hybridized carbons (Fsp3) is 0. The quantitative estimate of drug-likeness (QED) is 0.540. The van der Waals surface area contributed by atoms with E-state index in [0.717, 1.165) is 6.08 Å². The zero-order valence-electron chi connectivity index (χ0n) is 7.16. The van der Waals surface area contributed by atoms with Crippen molar-refractivity contribution in [2.45, 2.75) is 0 Å². The SMILES string of the molecule is O=Cc1ccc(/C=C/[B-](F)(F)F)cc1. The van der Waals surface area contributed by atoms with E-state index in [0.29, 0.717) is 17.4 Å². The summed E-state index contributed by atoms with van der Waals surface area (Å²) in [6, 6.07) is 5.86. The number of hydrogen-bond donors (Lipinski definition) is 0. The molecule has 0 N–H and O–H groups in total. The molecule has 0 aliphatic carbocycles. The van der Waals surface area contributed by atoms with Crippen LogP contribution in [0.15, 0.2) is 30.2 Å². The molecule has 1 aromatic carbocycles. The first-order valence-corrected chi connectivity index (χ1v) is 3.96. The van der Waals surface area contributed by atoms with E-state index in [-0.39, 0.29) is 5.98 Å². The van der Waals surface area contributed by atoms with Crippen LogP contribution < -0.4 is 0 Å². The van der Waals surface area contributed by atoms with Crippen molar-refractivity contribution in [1.82, 2.24) is 0 Å². The van der Waals surface area contributed by atoms with Crippen molar-refractivity contribution in [2.75, 3.05) is 0 Å². The molecule has 0 aliphatic rings. The largest absolute Gasteiger partial charge is 0.502 e. The molecule has 1 rings (SSSR count). The van der Waals surface area contributed by atoms with Gasteiger partial charge in [-0.25, -0.2) is 0 Å². The van der Waals surface area contributed by atoms with Crippen LogP contribution in [0.4, 0.5) is 12.9 Å². The fourth-order valence-corrected chi connectivity index (χ4v) is 0.906. The molecule has 0 amide bonds. The molecule has 0 unspecified atom stereocenters. The number of benzene rings is 1. The normalized spacial score (nSPS) is 11.9. The second-order valence-electron chi connectivity index (χ2n) is 2.77. The summed E-state index contributed by atoms with van der Waals surface area (Å²) >= 11 is 0. The fourth-order valence-electron chi connectivity index (χ4n) is 0.906. The molecule has 0 saturated carbocycles. The van der Waals surface area contributed by atoms with Gasteiger partial charge in [-0.05, 0) is 5.56 Å². The summed E-state index contributed by atoms with van der Waals surface area (Å²) in [4.78, 5) is 10.2. The van der Waals surface area contributed by atoms with E-state index in [2.05, 4.69) is 0 Å². The molecule has 5 heteroatoms. The molecule has 0 bridgehead atoms. The van der Waals surface area contributed by atoms with Gasteiger partial charge in [-0.3, -0.25) is 4.79 Å². The lowest BCUT2D eigenvalue weighted by Crippen LogP contribution is -2.09. The monoisotopic (exact) mass is 199 g/mol. The minimum Gasteiger partial charge on any atom is -0.445 e. The minimum atomic E-state index is -4.89. The molecule has 0 aromatic heterocycles. The Morgan fingerprint density at radius 2 is 1.50 bits per heavy atom. The van der Waals surface area contributed by atoms with Gasteiger partial charge in [0.05, 0.1) is 0 Å². The highest BCUT2D eigenvalue weighted by atomic mass is 19.4. The highest BCUT2D eigenvalue weighted by Crippen LogP contribution is 2.13. The molecule has 74 valence electrons. The number of hydrogen-bond acceptors (Lipinski definition) is 1. The number of halogens is 3. The summed E-state index contributed by atoms with van der Waals surface area (Å²) in [6.07, 6.45) is 1.62. The van der Waals surface area contributed by atoms with Crippen molar-refractivity contribution in [3.05, 3.63) is 41.4 Å². The molecule has 0 saturated heterocycles. The van der Waals surface area contributed by atoms with E-state index < -0.39 is 6.98 Å². The van der Waals surface area contributed by atoms with E-state index in [1.165, 1.54) is 24.3 Å². The van der Waals surface area contributed by atoms with E-state index >= 15 is 0 Å². The van der Waals surface area contributed by atoms with Gasteiger partial charge in [-0.15, -0.1) is 5.98 Å². The van der Waals surface area contributed by atoms with Crippen molar-refractivity contribution in [3.63, 3.8) is 0 Å². The molecule has 1 aromatic rings. The minimum absolute atomic E-state index is 0.218. The van der Waals surface area contributed by atoms with E-state index in [1.807, 2.05) is 0 Å². The summed E-state index contributed by atoms with van der Waals surface area (Å²) in [6.45, 7) is -4.89.